The van der Waals surface area contributed by atoms with E-state index >= 15 is 0 Å². The van der Waals surface area contributed by atoms with E-state index in [9.17, 15) is 18.4 Å². The first-order chi connectivity index (χ1) is 7.90. The third-order valence-corrected chi connectivity index (χ3v) is 2.46. The molecule has 7 heteroatoms. The second-order valence-corrected chi connectivity index (χ2v) is 4.04. The summed E-state index contributed by atoms with van der Waals surface area (Å²) in [5.74, 6) is -3.48. The van der Waals surface area contributed by atoms with Gasteiger partial charge in [0.15, 0.2) is 0 Å². The summed E-state index contributed by atoms with van der Waals surface area (Å²) >= 11 is 2.85. The maximum absolute atomic E-state index is 13.2. The van der Waals surface area contributed by atoms with Crippen molar-refractivity contribution < 1.29 is 23.5 Å². The van der Waals surface area contributed by atoms with Crippen LogP contribution in [-0.2, 0) is 9.59 Å². The Morgan fingerprint density at radius 1 is 1.24 bits per heavy atom. The van der Waals surface area contributed by atoms with E-state index in [2.05, 4.69) is 21.2 Å². The molecular weight excluding hydrogens is 300 g/mol. The van der Waals surface area contributed by atoms with Gasteiger partial charge in [-0.25, -0.2) is 8.78 Å². The van der Waals surface area contributed by atoms with Gasteiger partial charge in [0, 0.05) is 12.5 Å². The quantitative estimate of drug-likeness (QED) is 0.840. The Balaban J connectivity index is 2.71. The van der Waals surface area contributed by atoms with E-state index in [1.165, 1.54) is 0 Å². The molecule has 1 aromatic carbocycles. The molecule has 0 spiro atoms. The number of carbonyl (C=O) groups is 2. The van der Waals surface area contributed by atoms with Crippen LogP contribution in [0.1, 0.15) is 12.8 Å². The minimum Gasteiger partial charge on any atom is -0.481 e. The van der Waals surface area contributed by atoms with Gasteiger partial charge >= 0.3 is 5.97 Å². The highest BCUT2D eigenvalue weighted by Crippen LogP contribution is 2.23. The number of carboxylic acids is 1. The highest BCUT2D eigenvalue weighted by molar-refractivity contribution is 9.10. The number of carbonyl (C=O) groups excluding carboxylic acids is 1. The normalized spacial score (nSPS) is 10.1. The van der Waals surface area contributed by atoms with Crippen molar-refractivity contribution in [1.82, 2.24) is 0 Å². The molecule has 0 radical (unpaired) electrons. The molecule has 0 aliphatic carbocycles. The number of aliphatic carboxylic acids is 1. The van der Waals surface area contributed by atoms with Crippen LogP contribution < -0.4 is 5.32 Å². The summed E-state index contributed by atoms with van der Waals surface area (Å²) in [6.07, 6.45) is -0.625. The van der Waals surface area contributed by atoms with Crippen molar-refractivity contribution in [1.29, 1.82) is 0 Å². The second kappa shape index (κ2) is 5.72. The molecule has 17 heavy (non-hydrogen) atoms. The second-order valence-electron chi connectivity index (χ2n) is 3.19. The van der Waals surface area contributed by atoms with Crippen LogP contribution in [-0.4, -0.2) is 17.0 Å². The summed E-state index contributed by atoms with van der Waals surface area (Å²) in [6, 6.07) is 1.69. The van der Waals surface area contributed by atoms with E-state index in [1.54, 1.807) is 0 Å². The molecule has 0 atom stereocenters. The molecule has 92 valence electrons. The fourth-order valence-corrected chi connectivity index (χ4v) is 1.39. The van der Waals surface area contributed by atoms with Crippen LogP contribution in [0.4, 0.5) is 14.5 Å². The van der Waals surface area contributed by atoms with Gasteiger partial charge < -0.3 is 10.4 Å². The number of hydrogen-bond acceptors (Lipinski definition) is 2. The van der Waals surface area contributed by atoms with Gasteiger partial charge in [0.2, 0.25) is 5.91 Å². The number of nitrogens with one attached hydrogen (secondary N) is 1. The fourth-order valence-electron chi connectivity index (χ4n) is 1.05. The summed E-state index contributed by atoms with van der Waals surface area (Å²) in [7, 11) is 0. The van der Waals surface area contributed by atoms with Crippen molar-refractivity contribution in [3.8, 4) is 0 Å². The lowest BCUT2D eigenvalue weighted by atomic mass is 10.2. The molecule has 0 unspecified atom stereocenters. The van der Waals surface area contributed by atoms with E-state index in [-0.39, 0.29) is 23.0 Å². The molecule has 0 fully saturated rings. The first kappa shape index (κ1) is 13.6. The Hall–Kier alpha value is -1.50. The smallest absolute Gasteiger partial charge is 0.303 e. The Bertz CT molecular complexity index is 465. The molecule has 0 bridgehead atoms. The van der Waals surface area contributed by atoms with Crippen LogP contribution >= 0.6 is 15.9 Å². The molecule has 0 saturated heterocycles. The zero-order chi connectivity index (χ0) is 13.0. The van der Waals surface area contributed by atoms with Crippen molar-refractivity contribution in [2.45, 2.75) is 12.8 Å². The van der Waals surface area contributed by atoms with E-state index in [1.807, 2.05) is 0 Å². The lowest BCUT2D eigenvalue weighted by Gasteiger charge is -2.06. The van der Waals surface area contributed by atoms with E-state index in [0.29, 0.717) is 6.07 Å². The van der Waals surface area contributed by atoms with Crippen LogP contribution in [0.2, 0.25) is 0 Å². The number of benzene rings is 1. The largest absolute Gasteiger partial charge is 0.481 e. The lowest BCUT2D eigenvalue weighted by Crippen LogP contribution is -2.14. The lowest BCUT2D eigenvalue weighted by molar-refractivity contribution is -0.138. The number of rotatable bonds is 4. The van der Waals surface area contributed by atoms with E-state index in [4.69, 9.17) is 5.11 Å². The van der Waals surface area contributed by atoms with Crippen LogP contribution in [0.15, 0.2) is 16.6 Å². The summed E-state index contributed by atoms with van der Waals surface area (Å²) < 4.78 is 26.1. The summed E-state index contributed by atoms with van der Waals surface area (Å²) in [5.41, 5.74) is -0.200. The number of anilines is 1. The average molecular weight is 308 g/mol. The fraction of sp³-hybridized carbons (Fsp3) is 0.200. The van der Waals surface area contributed by atoms with Crippen molar-refractivity contribution >= 4 is 33.5 Å². The minimum atomic E-state index is -1.12. The summed E-state index contributed by atoms with van der Waals surface area (Å²) in [5, 5.41) is 10.5. The molecule has 1 amide bonds. The number of carboxylic acid groups (broad SMARTS) is 1. The topological polar surface area (TPSA) is 66.4 Å². The Morgan fingerprint density at radius 3 is 2.47 bits per heavy atom. The molecule has 0 aliphatic rings. The molecule has 1 aromatic rings. The SMILES string of the molecule is O=C(O)CCC(=O)Nc1cc(Br)c(F)cc1F. The Labute approximate surface area is 104 Å². The molecule has 1 rings (SSSR count). The summed E-state index contributed by atoms with van der Waals surface area (Å²) in [6.45, 7) is 0. The molecule has 0 aliphatic heterocycles. The van der Waals surface area contributed by atoms with Gasteiger partial charge in [-0.2, -0.15) is 0 Å². The van der Waals surface area contributed by atoms with Crippen LogP contribution in [0.25, 0.3) is 0 Å². The monoisotopic (exact) mass is 307 g/mol. The first-order valence-corrected chi connectivity index (χ1v) is 5.35. The zero-order valence-electron chi connectivity index (χ0n) is 8.47. The van der Waals surface area contributed by atoms with Gasteiger partial charge in [-0.05, 0) is 22.0 Å². The highest BCUT2D eigenvalue weighted by atomic mass is 79.9. The molecule has 0 heterocycles. The van der Waals surface area contributed by atoms with Gasteiger partial charge in [-0.3, -0.25) is 9.59 Å². The van der Waals surface area contributed by atoms with Crippen molar-refractivity contribution in [2.24, 2.45) is 0 Å². The molecular formula is C10H8BrF2NO3. The molecule has 2 N–H and O–H groups in total. The highest BCUT2D eigenvalue weighted by Gasteiger charge is 2.11. The Kier molecular flexibility index (Phi) is 4.56. The number of halogens is 3. The van der Waals surface area contributed by atoms with Crippen molar-refractivity contribution in [2.75, 3.05) is 5.32 Å². The third-order valence-electron chi connectivity index (χ3n) is 1.85. The maximum Gasteiger partial charge on any atom is 0.303 e. The number of amides is 1. The van der Waals surface area contributed by atoms with E-state index < -0.39 is 23.5 Å². The summed E-state index contributed by atoms with van der Waals surface area (Å²) in [4.78, 5) is 21.4. The average Bonchev–Trinajstić information content (AvgIpc) is 2.23. The van der Waals surface area contributed by atoms with E-state index in [0.717, 1.165) is 6.07 Å². The van der Waals surface area contributed by atoms with Crippen LogP contribution in [0.5, 0.6) is 0 Å². The van der Waals surface area contributed by atoms with Gasteiger partial charge in [0.1, 0.15) is 11.6 Å². The predicted octanol–water partition coefficient (Wildman–Crippen LogP) is 2.53. The zero-order valence-corrected chi connectivity index (χ0v) is 10.1. The van der Waals surface area contributed by atoms with Crippen molar-refractivity contribution in [3.63, 3.8) is 0 Å². The Morgan fingerprint density at radius 2 is 1.88 bits per heavy atom. The van der Waals surface area contributed by atoms with Crippen LogP contribution in [0.3, 0.4) is 0 Å². The van der Waals surface area contributed by atoms with Crippen molar-refractivity contribution in [3.05, 3.63) is 28.2 Å². The molecule has 4 nitrogen and oxygen atoms in total. The van der Waals surface area contributed by atoms with Gasteiger partial charge in [-0.15, -0.1) is 0 Å². The predicted molar refractivity (Wildman–Crippen MR) is 59.6 cm³/mol. The minimum absolute atomic E-state index is 0.00688. The van der Waals surface area contributed by atoms with Gasteiger partial charge in [0.05, 0.1) is 16.6 Å². The first-order valence-electron chi connectivity index (χ1n) is 4.56. The standard InChI is InChI=1S/C10H8BrF2NO3/c11-5-3-8(7(13)4-6(5)12)14-9(15)1-2-10(16)17/h3-4H,1-2H2,(H,14,15)(H,16,17). The van der Waals surface area contributed by atoms with Gasteiger partial charge in [0.25, 0.3) is 0 Å². The maximum atomic E-state index is 13.2. The third kappa shape index (κ3) is 4.10. The molecule has 0 aromatic heterocycles. The molecule has 0 saturated carbocycles. The number of hydrogen-bond donors (Lipinski definition) is 2. The van der Waals surface area contributed by atoms with Crippen LogP contribution in [0, 0.1) is 11.6 Å². The van der Waals surface area contributed by atoms with Gasteiger partial charge in [-0.1, -0.05) is 0 Å².